The van der Waals surface area contributed by atoms with Crippen LogP contribution in [0.4, 0.5) is 11.4 Å². The number of para-hydroxylation sites is 2. The minimum Gasteiger partial charge on any atom is -0.378 e. The maximum absolute atomic E-state index is 12.7. The Morgan fingerprint density at radius 2 is 1.75 bits per heavy atom. The molecule has 0 radical (unpaired) electrons. The highest BCUT2D eigenvalue weighted by Crippen LogP contribution is 2.26. The molecule has 0 spiro atoms. The Morgan fingerprint density at radius 3 is 2.54 bits per heavy atom. The molecule has 0 saturated carbocycles. The van der Waals surface area contributed by atoms with E-state index in [0.29, 0.717) is 18.6 Å². The van der Waals surface area contributed by atoms with Gasteiger partial charge in [0, 0.05) is 18.5 Å². The molecule has 0 atom stereocenters. The second-order valence-electron chi connectivity index (χ2n) is 6.76. The number of morpholine rings is 1. The lowest BCUT2D eigenvalue weighted by Crippen LogP contribution is -2.37. The number of rotatable bonds is 4. The summed E-state index contributed by atoms with van der Waals surface area (Å²) in [6.45, 7) is 4.58. The van der Waals surface area contributed by atoms with Gasteiger partial charge in [0.15, 0.2) is 0 Å². The summed E-state index contributed by atoms with van der Waals surface area (Å²) in [7, 11) is 0. The van der Waals surface area contributed by atoms with Crippen LogP contribution in [0.25, 0.3) is 10.8 Å². The largest absolute Gasteiger partial charge is 0.378 e. The zero-order chi connectivity index (χ0) is 19.5. The van der Waals surface area contributed by atoms with Crippen molar-refractivity contribution in [3.05, 3.63) is 64.6 Å². The summed E-state index contributed by atoms with van der Waals surface area (Å²) < 4.78 is 6.63. The summed E-state index contributed by atoms with van der Waals surface area (Å²) >= 11 is 0. The number of hydrogen-bond acceptors (Lipinski definition) is 5. The normalized spacial score (nSPS) is 14.2. The molecule has 1 aromatic heterocycles. The molecule has 2 aromatic carbocycles. The van der Waals surface area contributed by atoms with Gasteiger partial charge >= 0.3 is 0 Å². The highest BCUT2D eigenvalue weighted by molar-refractivity contribution is 5.94. The molecule has 1 saturated heterocycles. The molecule has 1 N–H and O–H groups in total. The molecule has 0 aliphatic carbocycles. The minimum atomic E-state index is -0.287. The maximum Gasteiger partial charge on any atom is 0.275 e. The van der Waals surface area contributed by atoms with Crippen molar-refractivity contribution in [2.75, 3.05) is 36.5 Å². The van der Waals surface area contributed by atoms with Crippen LogP contribution < -0.4 is 15.8 Å². The molecule has 0 unspecified atom stereocenters. The summed E-state index contributed by atoms with van der Waals surface area (Å²) in [5.74, 6) is -0.287. The molecule has 3 aromatic rings. The fourth-order valence-corrected chi connectivity index (χ4v) is 3.50. The third kappa shape index (κ3) is 3.61. The van der Waals surface area contributed by atoms with Crippen LogP contribution in [-0.2, 0) is 16.1 Å². The van der Waals surface area contributed by atoms with Crippen LogP contribution in [0.2, 0.25) is 0 Å². The molecule has 1 fully saturated rings. The van der Waals surface area contributed by atoms with Crippen LogP contribution in [0, 0.1) is 6.92 Å². The van der Waals surface area contributed by atoms with Gasteiger partial charge in [-0.05, 0) is 25.1 Å². The topological polar surface area (TPSA) is 76.5 Å². The molecule has 7 nitrogen and oxygen atoms in total. The molecule has 7 heteroatoms. The van der Waals surface area contributed by atoms with Crippen molar-refractivity contribution in [2.45, 2.75) is 13.5 Å². The Hall–Kier alpha value is -3.19. The molecule has 144 valence electrons. The van der Waals surface area contributed by atoms with Crippen molar-refractivity contribution in [2.24, 2.45) is 0 Å². The van der Waals surface area contributed by atoms with Crippen molar-refractivity contribution in [1.29, 1.82) is 0 Å². The Morgan fingerprint density at radius 1 is 1.07 bits per heavy atom. The van der Waals surface area contributed by atoms with Gasteiger partial charge in [0.05, 0.1) is 35.7 Å². The third-order valence-electron chi connectivity index (χ3n) is 4.88. The number of benzene rings is 2. The van der Waals surface area contributed by atoms with Gasteiger partial charge < -0.3 is 15.0 Å². The van der Waals surface area contributed by atoms with Gasteiger partial charge in [-0.3, -0.25) is 9.59 Å². The van der Waals surface area contributed by atoms with E-state index in [1.807, 2.05) is 49.4 Å². The predicted molar refractivity (Wildman–Crippen MR) is 109 cm³/mol. The van der Waals surface area contributed by atoms with Crippen molar-refractivity contribution in [3.63, 3.8) is 0 Å². The van der Waals surface area contributed by atoms with E-state index in [1.165, 1.54) is 4.68 Å². The molecule has 2 heterocycles. The average Bonchev–Trinajstić information content (AvgIpc) is 2.73. The molecular formula is C21H22N4O3. The quantitative estimate of drug-likeness (QED) is 0.753. The van der Waals surface area contributed by atoms with E-state index in [0.717, 1.165) is 35.5 Å². The Kier molecular flexibility index (Phi) is 5.08. The number of nitrogens with zero attached hydrogens (tertiary/aromatic N) is 3. The molecule has 1 aliphatic heterocycles. The smallest absolute Gasteiger partial charge is 0.275 e. The number of fused-ring (bicyclic) bond motifs is 1. The predicted octanol–water partition coefficient (Wildman–Crippen LogP) is 2.18. The van der Waals surface area contributed by atoms with Gasteiger partial charge in [-0.1, -0.05) is 30.3 Å². The standard InChI is InChI=1S/C21H22N4O3/c1-15-16-6-2-3-7-17(16)21(27)25(23-15)14-20(26)22-18-8-4-5-9-19(18)24-10-12-28-13-11-24/h2-9H,10-14H2,1H3,(H,22,26). The maximum atomic E-state index is 12.7. The summed E-state index contributed by atoms with van der Waals surface area (Å²) in [6.07, 6.45) is 0. The number of amides is 1. The molecule has 4 rings (SSSR count). The number of nitrogens with one attached hydrogen (secondary N) is 1. The number of aryl methyl sites for hydroxylation is 1. The van der Waals surface area contributed by atoms with Gasteiger partial charge in [0.1, 0.15) is 6.54 Å². The highest BCUT2D eigenvalue weighted by atomic mass is 16.5. The molecule has 1 aliphatic rings. The second-order valence-corrected chi connectivity index (χ2v) is 6.76. The average molecular weight is 378 g/mol. The Bertz CT molecular complexity index is 1070. The summed E-state index contributed by atoms with van der Waals surface area (Å²) in [4.78, 5) is 27.5. The van der Waals surface area contributed by atoms with Crippen molar-refractivity contribution < 1.29 is 9.53 Å². The van der Waals surface area contributed by atoms with E-state index in [2.05, 4.69) is 15.3 Å². The number of anilines is 2. The number of carbonyl (C=O) groups excluding carboxylic acids is 1. The molecule has 0 bridgehead atoms. The first kappa shape index (κ1) is 18.2. The molecular weight excluding hydrogens is 356 g/mol. The first-order chi connectivity index (χ1) is 13.6. The first-order valence-corrected chi connectivity index (χ1v) is 9.31. The van der Waals surface area contributed by atoms with Crippen LogP contribution in [0.5, 0.6) is 0 Å². The summed E-state index contributed by atoms with van der Waals surface area (Å²) in [6, 6.07) is 15.0. The van der Waals surface area contributed by atoms with E-state index in [1.54, 1.807) is 6.07 Å². The van der Waals surface area contributed by atoms with Crippen molar-refractivity contribution in [3.8, 4) is 0 Å². The van der Waals surface area contributed by atoms with Gasteiger partial charge in [-0.25, -0.2) is 4.68 Å². The van der Waals surface area contributed by atoms with Crippen LogP contribution in [-0.4, -0.2) is 42.0 Å². The number of carbonyl (C=O) groups is 1. The van der Waals surface area contributed by atoms with E-state index in [-0.39, 0.29) is 18.0 Å². The Labute approximate surface area is 162 Å². The SMILES string of the molecule is Cc1nn(CC(=O)Nc2ccccc2N2CCOCC2)c(=O)c2ccccc12. The lowest BCUT2D eigenvalue weighted by molar-refractivity contribution is -0.117. The summed E-state index contributed by atoms with van der Waals surface area (Å²) in [5.41, 5.74) is 2.13. The van der Waals surface area contributed by atoms with E-state index >= 15 is 0 Å². The fraction of sp³-hybridized carbons (Fsp3) is 0.286. The van der Waals surface area contributed by atoms with Gasteiger partial charge in [0.2, 0.25) is 5.91 Å². The summed E-state index contributed by atoms with van der Waals surface area (Å²) in [5, 5.41) is 8.61. The van der Waals surface area contributed by atoms with Gasteiger partial charge in [-0.2, -0.15) is 5.10 Å². The second kappa shape index (κ2) is 7.82. The van der Waals surface area contributed by atoms with Gasteiger partial charge in [-0.15, -0.1) is 0 Å². The van der Waals surface area contributed by atoms with Crippen LogP contribution in [0.15, 0.2) is 53.3 Å². The number of aromatic nitrogens is 2. The fourth-order valence-electron chi connectivity index (χ4n) is 3.50. The monoisotopic (exact) mass is 378 g/mol. The van der Waals surface area contributed by atoms with Crippen LogP contribution >= 0.6 is 0 Å². The Balaban J connectivity index is 1.57. The van der Waals surface area contributed by atoms with E-state index < -0.39 is 0 Å². The van der Waals surface area contributed by atoms with E-state index in [9.17, 15) is 9.59 Å². The van der Waals surface area contributed by atoms with Gasteiger partial charge in [0.25, 0.3) is 5.56 Å². The van der Waals surface area contributed by atoms with Crippen molar-refractivity contribution >= 4 is 28.1 Å². The molecule has 1 amide bonds. The zero-order valence-corrected chi connectivity index (χ0v) is 15.7. The first-order valence-electron chi connectivity index (χ1n) is 9.31. The number of hydrogen-bond donors (Lipinski definition) is 1. The zero-order valence-electron chi connectivity index (χ0n) is 15.7. The lowest BCUT2D eigenvalue weighted by atomic mass is 10.1. The number of ether oxygens (including phenoxy) is 1. The van der Waals surface area contributed by atoms with Crippen LogP contribution in [0.1, 0.15) is 5.69 Å². The van der Waals surface area contributed by atoms with Crippen LogP contribution in [0.3, 0.4) is 0 Å². The lowest BCUT2D eigenvalue weighted by Gasteiger charge is -2.30. The van der Waals surface area contributed by atoms with Crippen molar-refractivity contribution in [1.82, 2.24) is 9.78 Å². The minimum absolute atomic E-state index is 0.137. The highest BCUT2D eigenvalue weighted by Gasteiger charge is 2.17. The molecule has 28 heavy (non-hydrogen) atoms. The van der Waals surface area contributed by atoms with E-state index in [4.69, 9.17) is 4.74 Å². The third-order valence-corrected chi connectivity index (χ3v) is 4.88.